The third-order valence-corrected chi connectivity index (χ3v) is 3.06. The first kappa shape index (κ1) is 15.2. The second kappa shape index (κ2) is 6.33. The number of hydrogen-bond acceptors (Lipinski definition) is 3. The maximum absolute atomic E-state index is 11.7. The Labute approximate surface area is 113 Å². The Morgan fingerprint density at radius 2 is 1.79 bits per heavy atom. The molecule has 1 atom stereocenters. The van der Waals surface area contributed by atoms with Gasteiger partial charge < -0.3 is 15.7 Å². The normalized spacial score (nSPS) is 13.5. The first-order valence-corrected chi connectivity index (χ1v) is 6.21. The lowest BCUT2D eigenvalue weighted by atomic mass is 10.0. The Bertz CT molecular complexity index is 450. The molecule has 0 fully saturated rings. The van der Waals surface area contributed by atoms with E-state index >= 15 is 0 Å². The highest BCUT2D eigenvalue weighted by molar-refractivity contribution is 6.39. The standard InChI is InChI=1S/C14H20N2O3/c1-4-14(3,9-17)16-13(19)12(18)15-11-7-5-10(2)6-8-11/h5-8,17H,4,9H2,1-3H3,(H,15,18)(H,16,19). The van der Waals surface area contributed by atoms with Crippen molar-refractivity contribution in [2.75, 3.05) is 11.9 Å². The van der Waals surface area contributed by atoms with Gasteiger partial charge in [-0.2, -0.15) is 0 Å². The van der Waals surface area contributed by atoms with Crippen LogP contribution in [0.25, 0.3) is 0 Å². The summed E-state index contributed by atoms with van der Waals surface area (Å²) in [5.74, 6) is -1.49. The molecule has 0 saturated heterocycles. The maximum Gasteiger partial charge on any atom is 0.313 e. The molecule has 104 valence electrons. The topological polar surface area (TPSA) is 78.4 Å². The number of anilines is 1. The van der Waals surface area contributed by atoms with Crippen molar-refractivity contribution in [2.24, 2.45) is 0 Å². The van der Waals surface area contributed by atoms with Crippen LogP contribution < -0.4 is 10.6 Å². The minimum absolute atomic E-state index is 0.215. The average Bonchev–Trinajstić information content (AvgIpc) is 2.41. The lowest BCUT2D eigenvalue weighted by Gasteiger charge is -2.26. The number of benzene rings is 1. The zero-order valence-electron chi connectivity index (χ0n) is 11.5. The summed E-state index contributed by atoms with van der Waals surface area (Å²) < 4.78 is 0. The van der Waals surface area contributed by atoms with Gasteiger partial charge in [-0.25, -0.2) is 0 Å². The summed E-state index contributed by atoms with van der Waals surface area (Å²) in [5.41, 5.74) is 0.857. The molecule has 0 bridgehead atoms. The molecule has 0 spiro atoms. The van der Waals surface area contributed by atoms with Gasteiger partial charge in [-0.1, -0.05) is 24.6 Å². The summed E-state index contributed by atoms with van der Waals surface area (Å²) in [4.78, 5) is 23.4. The second-order valence-electron chi connectivity index (χ2n) is 4.85. The molecule has 0 aliphatic carbocycles. The van der Waals surface area contributed by atoms with Crippen molar-refractivity contribution in [2.45, 2.75) is 32.7 Å². The van der Waals surface area contributed by atoms with Crippen LogP contribution in [0, 0.1) is 6.92 Å². The molecule has 0 heterocycles. The van der Waals surface area contributed by atoms with E-state index < -0.39 is 17.4 Å². The van der Waals surface area contributed by atoms with Crippen LogP contribution in [0.4, 0.5) is 5.69 Å². The van der Waals surface area contributed by atoms with E-state index in [1.54, 1.807) is 19.1 Å². The summed E-state index contributed by atoms with van der Waals surface area (Å²) in [6, 6.07) is 7.14. The Morgan fingerprint density at radius 3 is 2.26 bits per heavy atom. The number of carbonyl (C=O) groups excluding carboxylic acids is 2. The number of carbonyl (C=O) groups is 2. The summed E-state index contributed by atoms with van der Waals surface area (Å²) in [7, 11) is 0. The summed E-state index contributed by atoms with van der Waals surface area (Å²) in [5, 5.41) is 14.2. The third kappa shape index (κ3) is 4.37. The summed E-state index contributed by atoms with van der Waals surface area (Å²) >= 11 is 0. The molecule has 5 heteroatoms. The predicted molar refractivity (Wildman–Crippen MR) is 73.7 cm³/mol. The molecule has 1 rings (SSSR count). The maximum atomic E-state index is 11.7. The number of hydrogen-bond donors (Lipinski definition) is 3. The molecule has 1 aromatic rings. The van der Waals surface area contributed by atoms with Crippen molar-refractivity contribution in [1.29, 1.82) is 0 Å². The van der Waals surface area contributed by atoms with Crippen LogP contribution >= 0.6 is 0 Å². The monoisotopic (exact) mass is 264 g/mol. The lowest BCUT2D eigenvalue weighted by Crippen LogP contribution is -2.51. The van der Waals surface area contributed by atoms with E-state index in [9.17, 15) is 14.7 Å². The van der Waals surface area contributed by atoms with Crippen LogP contribution in [0.3, 0.4) is 0 Å². The molecule has 1 aromatic carbocycles. The van der Waals surface area contributed by atoms with Crippen LogP contribution in [0.15, 0.2) is 24.3 Å². The number of aliphatic hydroxyl groups excluding tert-OH is 1. The minimum Gasteiger partial charge on any atom is -0.394 e. The molecule has 0 aromatic heterocycles. The zero-order valence-corrected chi connectivity index (χ0v) is 11.5. The fourth-order valence-electron chi connectivity index (χ4n) is 1.40. The Balaban J connectivity index is 2.63. The molecule has 0 saturated carbocycles. The van der Waals surface area contributed by atoms with Crippen LogP contribution in [-0.2, 0) is 9.59 Å². The molecule has 0 aliphatic rings. The van der Waals surface area contributed by atoms with Gasteiger partial charge in [-0.05, 0) is 32.4 Å². The Kier molecular flexibility index (Phi) is 5.06. The Hall–Kier alpha value is -1.88. The average molecular weight is 264 g/mol. The number of aliphatic hydroxyl groups is 1. The predicted octanol–water partition coefficient (Wildman–Crippen LogP) is 1.21. The number of rotatable bonds is 4. The molecular formula is C14H20N2O3. The zero-order chi connectivity index (χ0) is 14.5. The van der Waals surface area contributed by atoms with E-state index in [4.69, 9.17) is 0 Å². The molecule has 19 heavy (non-hydrogen) atoms. The molecule has 5 nitrogen and oxygen atoms in total. The van der Waals surface area contributed by atoms with E-state index in [0.29, 0.717) is 12.1 Å². The van der Waals surface area contributed by atoms with Crippen molar-refractivity contribution in [3.63, 3.8) is 0 Å². The molecule has 0 radical (unpaired) electrons. The minimum atomic E-state index is -0.776. The Morgan fingerprint density at radius 1 is 1.21 bits per heavy atom. The van der Waals surface area contributed by atoms with E-state index in [-0.39, 0.29) is 6.61 Å². The van der Waals surface area contributed by atoms with Crippen molar-refractivity contribution < 1.29 is 14.7 Å². The summed E-state index contributed by atoms with van der Waals surface area (Å²) in [6.07, 6.45) is 0.535. The highest BCUT2D eigenvalue weighted by Crippen LogP contribution is 2.10. The molecule has 2 amide bonds. The van der Waals surface area contributed by atoms with Gasteiger partial charge in [0, 0.05) is 5.69 Å². The van der Waals surface area contributed by atoms with Gasteiger partial charge in [-0.3, -0.25) is 9.59 Å². The van der Waals surface area contributed by atoms with Crippen molar-refractivity contribution in [3.8, 4) is 0 Å². The van der Waals surface area contributed by atoms with Gasteiger partial charge in [0.15, 0.2) is 0 Å². The fraction of sp³-hybridized carbons (Fsp3) is 0.429. The van der Waals surface area contributed by atoms with Gasteiger partial charge in [0.25, 0.3) is 0 Å². The van der Waals surface area contributed by atoms with E-state index in [1.165, 1.54) is 0 Å². The molecule has 0 aliphatic heterocycles. The second-order valence-corrected chi connectivity index (χ2v) is 4.85. The van der Waals surface area contributed by atoms with Crippen LogP contribution in [0.5, 0.6) is 0 Å². The first-order valence-electron chi connectivity index (χ1n) is 6.21. The van der Waals surface area contributed by atoms with Gasteiger partial charge in [0.2, 0.25) is 0 Å². The number of aryl methyl sites for hydroxylation is 1. The smallest absolute Gasteiger partial charge is 0.313 e. The number of nitrogens with one attached hydrogen (secondary N) is 2. The van der Waals surface area contributed by atoms with Crippen LogP contribution in [-0.4, -0.2) is 29.1 Å². The molecule has 3 N–H and O–H groups in total. The van der Waals surface area contributed by atoms with E-state index in [1.807, 2.05) is 26.0 Å². The largest absolute Gasteiger partial charge is 0.394 e. The van der Waals surface area contributed by atoms with Crippen molar-refractivity contribution in [3.05, 3.63) is 29.8 Å². The highest BCUT2D eigenvalue weighted by atomic mass is 16.3. The SMILES string of the molecule is CCC(C)(CO)NC(=O)C(=O)Nc1ccc(C)cc1. The fourth-order valence-corrected chi connectivity index (χ4v) is 1.40. The number of amides is 2. The van der Waals surface area contributed by atoms with Gasteiger partial charge in [0.1, 0.15) is 0 Å². The van der Waals surface area contributed by atoms with Gasteiger partial charge >= 0.3 is 11.8 Å². The van der Waals surface area contributed by atoms with Crippen LogP contribution in [0.1, 0.15) is 25.8 Å². The first-order chi connectivity index (χ1) is 8.90. The third-order valence-electron chi connectivity index (χ3n) is 3.06. The summed E-state index contributed by atoms with van der Waals surface area (Å²) in [6.45, 7) is 5.23. The van der Waals surface area contributed by atoms with Crippen molar-refractivity contribution in [1.82, 2.24) is 5.32 Å². The molecular weight excluding hydrogens is 244 g/mol. The molecule has 1 unspecified atom stereocenters. The van der Waals surface area contributed by atoms with E-state index in [0.717, 1.165) is 5.56 Å². The quantitative estimate of drug-likeness (QED) is 0.715. The highest BCUT2D eigenvalue weighted by Gasteiger charge is 2.26. The lowest BCUT2D eigenvalue weighted by molar-refractivity contribution is -0.137. The van der Waals surface area contributed by atoms with Gasteiger partial charge in [0.05, 0.1) is 12.1 Å². The van der Waals surface area contributed by atoms with Crippen LogP contribution in [0.2, 0.25) is 0 Å². The van der Waals surface area contributed by atoms with E-state index in [2.05, 4.69) is 10.6 Å². The van der Waals surface area contributed by atoms with Gasteiger partial charge in [-0.15, -0.1) is 0 Å². The van der Waals surface area contributed by atoms with Crippen molar-refractivity contribution >= 4 is 17.5 Å².